The Kier molecular flexibility index (Phi) is 4.25. The molecule has 0 aliphatic rings. The van der Waals surface area contributed by atoms with Crippen molar-refractivity contribution in [3.8, 4) is 0 Å². The fraction of sp³-hybridized carbons (Fsp3) is 0.263. The lowest BCUT2D eigenvalue weighted by atomic mass is 10.1. The molecule has 1 amide bonds. The zero-order valence-electron chi connectivity index (χ0n) is 14.5. The van der Waals surface area contributed by atoms with Gasteiger partial charge in [0.15, 0.2) is 0 Å². The fourth-order valence-electron chi connectivity index (χ4n) is 2.85. The van der Waals surface area contributed by atoms with Crippen LogP contribution in [0.4, 0.5) is 11.4 Å². The van der Waals surface area contributed by atoms with E-state index in [0.29, 0.717) is 0 Å². The van der Waals surface area contributed by atoms with Crippen molar-refractivity contribution in [2.24, 2.45) is 7.05 Å². The van der Waals surface area contributed by atoms with E-state index in [4.69, 9.17) is 0 Å². The second-order valence-electron chi connectivity index (χ2n) is 6.11. The van der Waals surface area contributed by atoms with Crippen molar-refractivity contribution < 1.29 is 4.79 Å². The number of anilines is 2. The van der Waals surface area contributed by atoms with Crippen LogP contribution in [0.2, 0.25) is 0 Å². The van der Waals surface area contributed by atoms with E-state index in [1.807, 2.05) is 51.0 Å². The molecule has 0 atom stereocenters. The van der Waals surface area contributed by atoms with Crippen molar-refractivity contribution in [1.29, 1.82) is 0 Å². The second kappa shape index (κ2) is 6.35. The monoisotopic (exact) mass is 322 g/mol. The molecular formula is C19H22N4O. The van der Waals surface area contributed by atoms with E-state index < -0.39 is 0 Å². The van der Waals surface area contributed by atoms with Gasteiger partial charge in [0, 0.05) is 19.8 Å². The van der Waals surface area contributed by atoms with Gasteiger partial charge in [-0.1, -0.05) is 30.3 Å². The van der Waals surface area contributed by atoms with Crippen molar-refractivity contribution >= 4 is 28.1 Å². The largest absolute Gasteiger partial charge is 0.365 e. The molecule has 5 nitrogen and oxygen atoms in total. The number of aryl methyl sites for hydroxylation is 2. The van der Waals surface area contributed by atoms with Crippen molar-refractivity contribution in [3.63, 3.8) is 0 Å². The smallest absolute Gasteiger partial charge is 0.243 e. The summed E-state index contributed by atoms with van der Waals surface area (Å²) in [6.45, 7) is 4.13. The first kappa shape index (κ1) is 16.1. The van der Waals surface area contributed by atoms with E-state index in [9.17, 15) is 4.79 Å². The number of rotatable bonds is 4. The highest BCUT2D eigenvalue weighted by atomic mass is 16.2. The number of carbonyl (C=O) groups excluding carboxylic acids is 1. The van der Waals surface area contributed by atoms with Gasteiger partial charge in [-0.3, -0.25) is 9.48 Å². The Bertz CT molecular complexity index is 898. The molecule has 2 aromatic carbocycles. The van der Waals surface area contributed by atoms with Crippen LogP contribution in [-0.4, -0.2) is 29.3 Å². The second-order valence-corrected chi connectivity index (χ2v) is 6.11. The third-order valence-corrected chi connectivity index (χ3v) is 4.33. The van der Waals surface area contributed by atoms with Crippen LogP contribution >= 0.6 is 0 Å². The first-order valence-corrected chi connectivity index (χ1v) is 7.95. The molecule has 0 aliphatic heterocycles. The summed E-state index contributed by atoms with van der Waals surface area (Å²) in [6.07, 6.45) is 0. The lowest BCUT2D eigenvalue weighted by Crippen LogP contribution is -2.30. The van der Waals surface area contributed by atoms with E-state index in [-0.39, 0.29) is 12.5 Å². The van der Waals surface area contributed by atoms with E-state index >= 15 is 0 Å². The molecule has 3 aromatic rings. The van der Waals surface area contributed by atoms with E-state index in [1.165, 1.54) is 10.8 Å². The van der Waals surface area contributed by atoms with Crippen molar-refractivity contribution in [1.82, 2.24) is 9.78 Å². The molecular weight excluding hydrogens is 300 g/mol. The Labute approximate surface area is 141 Å². The normalized spacial score (nSPS) is 10.8. The van der Waals surface area contributed by atoms with Gasteiger partial charge in [0.2, 0.25) is 5.91 Å². The Hall–Kier alpha value is -2.82. The minimum atomic E-state index is -0.0511. The summed E-state index contributed by atoms with van der Waals surface area (Å²) in [7, 11) is 3.80. The summed E-state index contributed by atoms with van der Waals surface area (Å²) >= 11 is 0. The summed E-state index contributed by atoms with van der Waals surface area (Å²) in [4.78, 5) is 14.3. The molecule has 0 saturated heterocycles. The van der Waals surface area contributed by atoms with Gasteiger partial charge in [0.25, 0.3) is 0 Å². The van der Waals surface area contributed by atoms with Gasteiger partial charge in [-0.05, 0) is 36.8 Å². The van der Waals surface area contributed by atoms with Crippen LogP contribution in [0.1, 0.15) is 11.4 Å². The topological polar surface area (TPSA) is 50.2 Å². The average molecular weight is 322 g/mol. The molecule has 1 heterocycles. The first-order valence-electron chi connectivity index (χ1n) is 7.95. The number of amides is 1. The molecule has 5 heteroatoms. The Balaban J connectivity index is 1.73. The van der Waals surface area contributed by atoms with Crippen LogP contribution in [0.3, 0.4) is 0 Å². The Morgan fingerprint density at radius 1 is 1.17 bits per heavy atom. The van der Waals surface area contributed by atoms with Gasteiger partial charge in [-0.25, -0.2) is 0 Å². The molecule has 1 N–H and O–H groups in total. The number of hydrogen-bond donors (Lipinski definition) is 1. The zero-order valence-corrected chi connectivity index (χ0v) is 14.5. The molecule has 3 rings (SSSR count). The van der Waals surface area contributed by atoms with Crippen LogP contribution in [0.25, 0.3) is 10.8 Å². The maximum Gasteiger partial charge on any atom is 0.243 e. The van der Waals surface area contributed by atoms with Gasteiger partial charge >= 0.3 is 0 Å². The maximum absolute atomic E-state index is 12.4. The molecule has 0 spiro atoms. The maximum atomic E-state index is 12.4. The average Bonchev–Trinajstić information content (AvgIpc) is 2.80. The Morgan fingerprint density at radius 2 is 1.88 bits per heavy atom. The Morgan fingerprint density at radius 3 is 2.54 bits per heavy atom. The molecule has 0 bridgehead atoms. The number of hydrogen-bond acceptors (Lipinski definition) is 3. The molecule has 0 fully saturated rings. The lowest BCUT2D eigenvalue weighted by molar-refractivity contribution is -0.114. The molecule has 24 heavy (non-hydrogen) atoms. The summed E-state index contributed by atoms with van der Waals surface area (Å²) in [5.41, 5.74) is 3.60. The first-order chi connectivity index (χ1) is 11.5. The number of carbonyl (C=O) groups is 1. The number of fused-ring (bicyclic) bond motifs is 1. The fourth-order valence-corrected chi connectivity index (χ4v) is 2.85. The number of nitrogens with zero attached hydrogens (tertiary/aromatic N) is 3. The van der Waals surface area contributed by atoms with Gasteiger partial charge in [0.05, 0.1) is 23.6 Å². The number of aromatic nitrogens is 2. The van der Waals surface area contributed by atoms with Crippen LogP contribution in [0, 0.1) is 13.8 Å². The van der Waals surface area contributed by atoms with Gasteiger partial charge in [0.1, 0.15) is 0 Å². The molecule has 0 radical (unpaired) electrons. The van der Waals surface area contributed by atoms with E-state index in [2.05, 4.69) is 34.7 Å². The number of nitrogens with one attached hydrogen (secondary N) is 1. The van der Waals surface area contributed by atoms with Crippen LogP contribution in [0.5, 0.6) is 0 Å². The molecule has 1 aromatic heterocycles. The molecule has 0 unspecified atom stereocenters. The minimum Gasteiger partial charge on any atom is -0.365 e. The van der Waals surface area contributed by atoms with Crippen molar-refractivity contribution in [2.45, 2.75) is 13.8 Å². The predicted molar refractivity (Wildman–Crippen MR) is 98.5 cm³/mol. The highest BCUT2D eigenvalue weighted by Gasteiger charge is 2.14. The molecule has 0 saturated carbocycles. The molecule has 124 valence electrons. The number of likely N-dealkylation sites (N-methyl/N-ethyl adjacent to an activating group) is 1. The van der Waals surface area contributed by atoms with Crippen LogP contribution < -0.4 is 10.2 Å². The third-order valence-electron chi connectivity index (χ3n) is 4.33. The van der Waals surface area contributed by atoms with Crippen molar-refractivity contribution in [3.05, 3.63) is 53.9 Å². The van der Waals surface area contributed by atoms with Gasteiger partial charge in [-0.15, -0.1) is 0 Å². The van der Waals surface area contributed by atoms with E-state index in [0.717, 1.165) is 22.8 Å². The highest BCUT2D eigenvalue weighted by molar-refractivity contribution is 5.95. The summed E-state index contributed by atoms with van der Waals surface area (Å²) in [6, 6.07) is 14.4. The standard InChI is InChI=1S/C19H22N4O/c1-13-19(14(2)23(4)21-13)20-18(24)12-22(3)17-10-9-15-7-5-6-8-16(15)11-17/h5-11H,12H2,1-4H3,(H,20,24). The summed E-state index contributed by atoms with van der Waals surface area (Å²) in [5, 5.41) is 9.66. The number of benzene rings is 2. The van der Waals surface area contributed by atoms with Crippen LogP contribution in [-0.2, 0) is 11.8 Å². The quantitative estimate of drug-likeness (QED) is 0.802. The summed E-state index contributed by atoms with van der Waals surface area (Å²) in [5.74, 6) is -0.0511. The highest BCUT2D eigenvalue weighted by Crippen LogP contribution is 2.22. The zero-order chi connectivity index (χ0) is 17.3. The van der Waals surface area contributed by atoms with Gasteiger partial charge < -0.3 is 10.2 Å². The van der Waals surface area contributed by atoms with Crippen LogP contribution in [0.15, 0.2) is 42.5 Å². The summed E-state index contributed by atoms with van der Waals surface area (Å²) < 4.78 is 1.78. The predicted octanol–water partition coefficient (Wildman–Crippen LogP) is 3.27. The molecule has 0 aliphatic carbocycles. The lowest BCUT2D eigenvalue weighted by Gasteiger charge is -2.19. The van der Waals surface area contributed by atoms with Crippen molar-refractivity contribution in [2.75, 3.05) is 23.8 Å². The van der Waals surface area contributed by atoms with E-state index in [1.54, 1.807) is 4.68 Å². The van der Waals surface area contributed by atoms with Gasteiger partial charge in [-0.2, -0.15) is 5.10 Å². The minimum absolute atomic E-state index is 0.0511. The third kappa shape index (κ3) is 3.11. The SMILES string of the molecule is Cc1nn(C)c(C)c1NC(=O)CN(C)c1ccc2ccccc2c1.